The number of methoxy groups -OCH3 is 1. The summed E-state index contributed by atoms with van der Waals surface area (Å²) in [5.41, 5.74) is -0.400. The molecule has 2 unspecified atom stereocenters. The van der Waals surface area contributed by atoms with Crippen LogP contribution >= 0.6 is 0 Å². The van der Waals surface area contributed by atoms with Gasteiger partial charge in [0.05, 0.1) is 12.6 Å². The van der Waals surface area contributed by atoms with Crippen molar-refractivity contribution < 1.29 is 14.6 Å². The molecule has 0 bridgehead atoms. The molecule has 5 heteroatoms. The number of hydrogen-bond acceptors (Lipinski definition) is 4. The zero-order chi connectivity index (χ0) is 13.3. The van der Waals surface area contributed by atoms with E-state index in [4.69, 9.17) is 4.74 Å². The highest BCUT2D eigenvalue weighted by Gasteiger charge is 2.25. The van der Waals surface area contributed by atoms with Crippen LogP contribution in [-0.4, -0.2) is 49.5 Å². The summed E-state index contributed by atoms with van der Waals surface area (Å²) in [5.74, 6) is -0.0470. The fourth-order valence-corrected chi connectivity index (χ4v) is 1.43. The summed E-state index contributed by atoms with van der Waals surface area (Å²) in [6.45, 7) is 6.96. The summed E-state index contributed by atoms with van der Waals surface area (Å²) in [6.07, 6.45) is 1.57. The van der Waals surface area contributed by atoms with E-state index in [9.17, 15) is 9.90 Å². The van der Waals surface area contributed by atoms with Gasteiger partial charge in [0.2, 0.25) is 5.91 Å². The van der Waals surface area contributed by atoms with Crippen LogP contribution in [0.2, 0.25) is 0 Å². The number of ether oxygens (including phenoxy) is 1. The van der Waals surface area contributed by atoms with Gasteiger partial charge >= 0.3 is 0 Å². The molecule has 102 valence electrons. The van der Waals surface area contributed by atoms with Gasteiger partial charge in [-0.1, -0.05) is 6.92 Å². The van der Waals surface area contributed by atoms with Crippen LogP contribution in [0.5, 0.6) is 0 Å². The van der Waals surface area contributed by atoms with E-state index in [0.29, 0.717) is 13.2 Å². The lowest BCUT2D eigenvalue weighted by Crippen LogP contribution is -2.54. The van der Waals surface area contributed by atoms with Gasteiger partial charge in [0, 0.05) is 25.8 Å². The SMILES string of the molecule is CCC(C)(CO)NC(C)C(=O)NCCCOC. The largest absolute Gasteiger partial charge is 0.394 e. The number of aliphatic hydroxyl groups is 1. The molecule has 0 spiro atoms. The van der Waals surface area contributed by atoms with Crippen molar-refractivity contribution in [3.8, 4) is 0 Å². The van der Waals surface area contributed by atoms with E-state index in [1.54, 1.807) is 14.0 Å². The van der Waals surface area contributed by atoms with Crippen LogP contribution in [0.15, 0.2) is 0 Å². The zero-order valence-electron chi connectivity index (χ0n) is 11.4. The van der Waals surface area contributed by atoms with Crippen LogP contribution < -0.4 is 10.6 Å². The molecule has 5 nitrogen and oxygen atoms in total. The fraction of sp³-hybridized carbons (Fsp3) is 0.917. The van der Waals surface area contributed by atoms with Crippen molar-refractivity contribution in [1.29, 1.82) is 0 Å². The molecule has 0 aromatic heterocycles. The van der Waals surface area contributed by atoms with Gasteiger partial charge in [-0.2, -0.15) is 0 Å². The van der Waals surface area contributed by atoms with Gasteiger partial charge in [-0.3, -0.25) is 10.1 Å². The monoisotopic (exact) mass is 246 g/mol. The molecule has 0 aliphatic carbocycles. The Balaban J connectivity index is 3.96. The van der Waals surface area contributed by atoms with Crippen molar-refractivity contribution in [3.05, 3.63) is 0 Å². The Bertz CT molecular complexity index is 218. The average molecular weight is 246 g/mol. The van der Waals surface area contributed by atoms with Crippen LogP contribution in [0.4, 0.5) is 0 Å². The molecule has 0 radical (unpaired) electrons. The van der Waals surface area contributed by atoms with E-state index >= 15 is 0 Å². The van der Waals surface area contributed by atoms with Gasteiger partial charge in [-0.15, -0.1) is 0 Å². The first-order valence-corrected chi connectivity index (χ1v) is 6.14. The first kappa shape index (κ1) is 16.4. The predicted molar refractivity (Wildman–Crippen MR) is 67.9 cm³/mol. The highest BCUT2D eigenvalue weighted by atomic mass is 16.5. The number of nitrogens with one attached hydrogen (secondary N) is 2. The number of amides is 1. The maximum atomic E-state index is 11.7. The zero-order valence-corrected chi connectivity index (χ0v) is 11.4. The fourth-order valence-electron chi connectivity index (χ4n) is 1.43. The lowest BCUT2D eigenvalue weighted by Gasteiger charge is -2.30. The van der Waals surface area contributed by atoms with Crippen molar-refractivity contribution in [2.45, 2.75) is 45.2 Å². The second-order valence-corrected chi connectivity index (χ2v) is 4.58. The van der Waals surface area contributed by atoms with Crippen molar-refractivity contribution in [1.82, 2.24) is 10.6 Å². The smallest absolute Gasteiger partial charge is 0.236 e. The second-order valence-electron chi connectivity index (χ2n) is 4.58. The Morgan fingerprint density at radius 1 is 1.53 bits per heavy atom. The Hall–Kier alpha value is -0.650. The minimum atomic E-state index is -0.400. The van der Waals surface area contributed by atoms with Gasteiger partial charge < -0.3 is 15.2 Å². The summed E-state index contributed by atoms with van der Waals surface area (Å²) in [5, 5.41) is 15.2. The minimum absolute atomic E-state index is 0.0186. The van der Waals surface area contributed by atoms with Gasteiger partial charge in [0.25, 0.3) is 0 Å². The number of carbonyl (C=O) groups is 1. The van der Waals surface area contributed by atoms with Gasteiger partial charge in [-0.25, -0.2) is 0 Å². The quantitative estimate of drug-likeness (QED) is 0.511. The Kier molecular flexibility index (Phi) is 8.12. The summed E-state index contributed by atoms with van der Waals surface area (Å²) >= 11 is 0. The molecule has 1 amide bonds. The third-order valence-electron chi connectivity index (χ3n) is 2.91. The normalized spacial score (nSPS) is 16.3. The van der Waals surface area contributed by atoms with Crippen LogP contribution in [0.3, 0.4) is 0 Å². The maximum absolute atomic E-state index is 11.7. The first-order valence-electron chi connectivity index (χ1n) is 6.14. The molecule has 0 aliphatic heterocycles. The highest BCUT2D eigenvalue weighted by Crippen LogP contribution is 2.08. The van der Waals surface area contributed by atoms with E-state index < -0.39 is 5.54 Å². The van der Waals surface area contributed by atoms with Crippen molar-refractivity contribution in [2.24, 2.45) is 0 Å². The van der Waals surface area contributed by atoms with E-state index in [1.807, 2.05) is 13.8 Å². The summed E-state index contributed by atoms with van der Waals surface area (Å²) in [4.78, 5) is 11.7. The van der Waals surface area contributed by atoms with E-state index in [2.05, 4.69) is 10.6 Å². The van der Waals surface area contributed by atoms with Crippen molar-refractivity contribution >= 4 is 5.91 Å². The topological polar surface area (TPSA) is 70.6 Å². The maximum Gasteiger partial charge on any atom is 0.236 e. The van der Waals surface area contributed by atoms with Crippen LogP contribution in [-0.2, 0) is 9.53 Å². The average Bonchev–Trinajstić information content (AvgIpc) is 2.34. The standard InChI is InChI=1S/C12H26N2O3/c1-5-12(3,9-15)14-10(2)11(16)13-7-6-8-17-4/h10,14-15H,5-9H2,1-4H3,(H,13,16). The Morgan fingerprint density at radius 3 is 2.65 bits per heavy atom. The van der Waals surface area contributed by atoms with Crippen LogP contribution in [0.1, 0.15) is 33.6 Å². The molecule has 17 heavy (non-hydrogen) atoms. The Morgan fingerprint density at radius 2 is 2.18 bits per heavy atom. The van der Waals surface area contributed by atoms with Gasteiger partial charge in [0.15, 0.2) is 0 Å². The molecular formula is C12H26N2O3. The number of hydrogen-bond donors (Lipinski definition) is 3. The van der Waals surface area contributed by atoms with Crippen molar-refractivity contribution in [3.63, 3.8) is 0 Å². The second kappa shape index (κ2) is 8.44. The molecule has 0 heterocycles. The minimum Gasteiger partial charge on any atom is -0.394 e. The number of aliphatic hydroxyl groups excluding tert-OH is 1. The van der Waals surface area contributed by atoms with E-state index in [-0.39, 0.29) is 18.6 Å². The summed E-state index contributed by atoms with van der Waals surface area (Å²) in [7, 11) is 1.64. The van der Waals surface area contributed by atoms with E-state index in [0.717, 1.165) is 12.8 Å². The molecule has 0 fully saturated rings. The molecule has 0 aromatic rings. The Labute approximate surface area is 104 Å². The summed E-state index contributed by atoms with van der Waals surface area (Å²) in [6, 6.07) is -0.311. The highest BCUT2D eigenvalue weighted by molar-refractivity contribution is 5.81. The van der Waals surface area contributed by atoms with Gasteiger partial charge in [-0.05, 0) is 26.7 Å². The number of rotatable bonds is 9. The lowest BCUT2D eigenvalue weighted by atomic mass is 9.99. The van der Waals surface area contributed by atoms with Gasteiger partial charge in [0.1, 0.15) is 0 Å². The van der Waals surface area contributed by atoms with E-state index in [1.165, 1.54) is 0 Å². The molecule has 0 aliphatic rings. The molecule has 0 saturated carbocycles. The molecule has 0 rings (SSSR count). The molecule has 0 aromatic carbocycles. The third-order valence-corrected chi connectivity index (χ3v) is 2.91. The predicted octanol–water partition coefficient (Wildman–Crippen LogP) is 0.278. The molecular weight excluding hydrogens is 220 g/mol. The lowest BCUT2D eigenvalue weighted by molar-refractivity contribution is -0.123. The van der Waals surface area contributed by atoms with Crippen LogP contribution in [0.25, 0.3) is 0 Å². The molecule has 2 atom stereocenters. The van der Waals surface area contributed by atoms with Crippen LogP contribution in [0, 0.1) is 0 Å². The van der Waals surface area contributed by atoms with Crippen molar-refractivity contribution in [2.75, 3.05) is 26.9 Å². The third kappa shape index (κ3) is 6.61. The first-order chi connectivity index (χ1) is 7.99. The molecule has 0 saturated heterocycles. The molecule has 3 N–H and O–H groups in total. The summed E-state index contributed by atoms with van der Waals surface area (Å²) < 4.78 is 4.90. The number of carbonyl (C=O) groups excluding carboxylic acids is 1.